The van der Waals surface area contributed by atoms with Crippen LogP contribution in [0, 0.1) is 5.92 Å². The number of piperidine rings is 1. The van der Waals surface area contributed by atoms with Crippen LogP contribution in [0.1, 0.15) is 25.0 Å². The van der Waals surface area contributed by atoms with Crippen molar-refractivity contribution in [3.63, 3.8) is 0 Å². The van der Waals surface area contributed by atoms with E-state index in [1.807, 2.05) is 24.3 Å². The Bertz CT molecular complexity index is 1230. The molecule has 3 aromatic rings. The molecule has 2 fully saturated rings. The Morgan fingerprint density at radius 1 is 1.13 bits per heavy atom. The van der Waals surface area contributed by atoms with Gasteiger partial charge in [-0.05, 0) is 18.6 Å². The smallest absolute Gasteiger partial charge is 0.249 e. The highest BCUT2D eigenvalue weighted by Crippen LogP contribution is 2.28. The first kappa shape index (κ1) is 19.0. The zero-order chi connectivity index (χ0) is 21.5. The van der Waals surface area contributed by atoms with Crippen LogP contribution in [0.25, 0.3) is 16.5 Å². The first-order valence-corrected chi connectivity index (χ1v) is 9.95. The number of likely N-dealkylation sites (tertiary alicyclic amines) is 1. The molecule has 2 unspecified atom stereocenters. The molecule has 31 heavy (non-hydrogen) atoms. The summed E-state index contributed by atoms with van der Waals surface area (Å²) in [5.74, 6) is -2.42. The molecule has 1 N–H and O–H groups in total. The van der Waals surface area contributed by atoms with Crippen LogP contribution in [0.3, 0.4) is 0 Å². The van der Waals surface area contributed by atoms with Gasteiger partial charge in [0.2, 0.25) is 23.6 Å². The maximum absolute atomic E-state index is 12.9. The molecule has 4 amide bonds. The average molecular weight is 418 g/mol. The molecule has 0 bridgehead atoms. The predicted molar refractivity (Wildman–Crippen MR) is 106 cm³/mol. The number of rotatable bonds is 4. The molecular weight excluding hydrogens is 400 g/mol. The molecule has 4 heterocycles. The number of aromatic nitrogens is 4. The summed E-state index contributed by atoms with van der Waals surface area (Å²) in [4.78, 5) is 54.0. The minimum Gasteiger partial charge on any atom is -0.295 e. The van der Waals surface area contributed by atoms with Gasteiger partial charge in [-0.25, -0.2) is 4.68 Å². The Morgan fingerprint density at radius 2 is 2.00 bits per heavy atom. The van der Waals surface area contributed by atoms with E-state index >= 15 is 0 Å². The monoisotopic (exact) mass is 418 g/mol. The number of hydrogen-bond acceptors (Lipinski definition) is 7. The van der Waals surface area contributed by atoms with Gasteiger partial charge in [-0.2, -0.15) is 0 Å². The van der Waals surface area contributed by atoms with Crippen molar-refractivity contribution in [2.45, 2.75) is 31.7 Å². The number of carbonyl (C=O) groups excluding carboxylic acids is 4. The van der Waals surface area contributed by atoms with E-state index in [0.29, 0.717) is 5.69 Å². The van der Waals surface area contributed by atoms with Crippen molar-refractivity contribution in [2.75, 3.05) is 0 Å². The van der Waals surface area contributed by atoms with Crippen molar-refractivity contribution in [3.05, 3.63) is 48.5 Å². The highest BCUT2D eigenvalue weighted by molar-refractivity contribution is 6.09. The maximum Gasteiger partial charge on any atom is 0.249 e. The topological polar surface area (TPSA) is 127 Å². The molecule has 2 saturated heterocycles. The third-order valence-electron chi connectivity index (χ3n) is 5.70. The van der Waals surface area contributed by atoms with Crippen LogP contribution < -0.4 is 5.32 Å². The highest BCUT2D eigenvalue weighted by atomic mass is 16.2. The van der Waals surface area contributed by atoms with Gasteiger partial charge in [0.15, 0.2) is 0 Å². The first-order valence-electron chi connectivity index (χ1n) is 9.95. The van der Waals surface area contributed by atoms with Gasteiger partial charge >= 0.3 is 0 Å². The van der Waals surface area contributed by atoms with E-state index in [4.69, 9.17) is 0 Å². The second kappa shape index (κ2) is 7.38. The second-order valence-corrected chi connectivity index (χ2v) is 7.70. The summed E-state index contributed by atoms with van der Waals surface area (Å²) >= 11 is 0. The average Bonchev–Trinajstić information content (AvgIpc) is 3.33. The van der Waals surface area contributed by atoms with E-state index in [9.17, 15) is 19.2 Å². The summed E-state index contributed by atoms with van der Waals surface area (Å²) in [5.41, 5.74) is 1.40. The Kier molecular flexibility index (Phi) is 4.54. The number of pyridine rings is 1. The van der Waals surface area contributed by atoms with Crippen LogP contribution in [0.5, 0.6) is 0 Å². The van der Waals surface area contributed by atoms with Gasteiger partial charge in [-0.1, -0.05) is 17.3 Å². The number of benzene rings is 1. The van der Waals surface area contributed by atoms with Crippen molar-refractivity contribution < 1.29 is 19.2 Å². The molecule has 0 aliphatic carbocycles. The summed E-state index contributed by atoms with van der Waals surface area (Å²) in [6, 6.07) is 6.73. The molecular formula is C21H18N6O4. The number of imide groups is 2. The number of fused-ring (bicyclic) bond motifs is 1. The molecule has 0 saturated carbocycles. The number of nitrogens with one attached hydrogen (secondary N) is 1. The zero-order valence-corrected chi connectivity index (χ0v) is 16.4. The zero-order valence-electron chi connectivity index (χ0n) is 16.4. The molecule has 10 heteroatoms. The molecule has 2 atom stereocenters. The van der Waals surface area contributed by atoms with Crippen LogP contribution in [0.2, 0.25) is 0 Å². The molecule has 10 nitrogen and oxygen atoms in total. The van der Waals surface area contributed by atoms with E-state index in [1.54, 1.807) is 23.3 Å². The van der Waals surface area contributed by atoms with E-state index in [1.165, 1.54) is 0 Å². The lowest BCUT2D eigenvalue weighted by atomic mass is 10.0. The van der Waals surface area contributed by atoms with Crippen molar-refractivity contribution in [1.82, 2.24) is 30.2 Å². The third-order valence-corrected chi connectivity index (χ3v) is 5.70. The summed E-state index contributed by atoms with van der Waals surface area (Å²) < 4.78 is 1.64. The summed E-state index contributed by atoms with van der Waals surface area (Å²) in [6.07, 6.45) is 5.71. The molecule has 2 aromatic heterocycles. The van der Waals surface area contributed by atoms with Crippen LogP contribution >= 0.6 is 0 Å². The van der Waals surface area contributed by atoms with Crippen molar-refractivity contribution >= 4 is 34.4 Å². The van der Waals surface area contributed by atoms with Crippen molar-refractivity contribution in [3.8, 4) is 5.69 Å². The third kappa shape index (κ3) is 3.35. The summed E-state index contributed by atoms with van der Waals surface area (Å²) in [7, 11) is 0. The Labute approximate surface area is 176 Å². The molecule has 2 aliphatic heterocycles. The van der Waals surface area contributed by atoms with Crippen LogP contribution in [-0.2, 0) is 25.6 Å². The molecule has 0 radical (unpaired) electrons. The number of hydrogen-bond donors (Lipinski definition) is 1. The van der Waals surface area contributed by atoms with Gasteiger partial charge in [-0.15, -0.1) is 5.10 Å². The van der Waals surface area contributed by atoms with Gasteiger partial charge in [0.05, 0.1) is 23.5 Å². The fourth-order valence-corrected chi connectivity index (χ4v) is 4.20. The predicted octanol–water partition coefficient (Wildman–Crippen LogP) is 0.538. The molecule has 2 aliphatic rings. The van der Waals surface area contributed by atoms with Gasteiger partial charge < -0.3 is 0 Å². The van der Waals surface area contributed by atoms with Gasteiger partial charge in [-0.3, -0.25) is 34.4 Å². The lowest BCUT2D eigenvalue weighted by Crippen LogP contribution is -2.54. The van der Waals surface area contributed by atoms with Gasteiger partial charge in [0.1, 0.15) is 6.04 Å². The van der Waals surface area contributed by atoms with Crippen LogP contribution in [0.4, 0.5) is 0 Å². The number of amides is 4. The SMILES string of the molecule is O=C1CCC(N2C(=O)CC(Cc3cn(-c4cccc5cnccc45)nn3)C2=O)C(=O)N1. The van der Waals surface area contributed by atoms with E-state index in [0.717, 1.165) is 21.4 Å². The fraction of sp³-hybridized carbons (Fsp3) is 0.286. The van der Waals surface area contributed by atoms with E-state index in [2.05, 4.69) is 20.6 Å². The Hall–Kier alpha value is -3.95. The minimum atomic E-state index is -0.928. The minimum absolute atomic E-state index is 0.00333. The number of carbonyl (C=O) groups is 4. The first-order chi connectivity index (χ1) is 15.0. The van der Waals surface area contributed by atoms with Crippen LogP contribution in [0.15, 0.2) is 42.9 Å². The highest BCUT2D eigenvalue weighted by Gasteiger charge is 2.46. The quantitative estimate of drug-likeness (QED) is 0.613. The second-order valence-electron chi connectivity index (χ2n) is 7.70. The van der Waals surface area contributed by atoms with Crippen LogP contribution in [-0.4, -0.2) is 54.5 Å². The maximum atomic E-state index is 12.9. The molecule has 5 rings (SSSR count). The summed E-state index contributed by atoms with van der Waals surface area (Å²) in [6.45, 7) is 0. The van der Waals surface area contributed by atoms with E-state index in [-0.39, 0.29) is 25.7 Å². The normalized spacial score (nSPS) is 21.7. The van der Waals surface area contributed by atoms with Gasteiger partial charge in [0.25, 0.3) is 0 Å². The standard InChI is InChI=1S/C21H18N6O4/c28-18-5-4-17(20(30)23-18)27-19(29)9-13(21(27)31)8-14-11-26(25-24-14)16-3-1-2-12-10-22-7-6-15(12)16/h1-3,6-7,10-11,13,17H,4-5,8-9H2,(H,23,28,30). The lowest BCUT2D eigenvalue weighted by molar-refractivity contribution is -0.151. The number of nitrogens with zero attached hydrogens (tertiary/aromatic N) is 5. The Balaban J connectivity index is 1.35. The van der Waals surface area contributed by atoms with Crippen molar-refractivity contribution in [2.24, 2.45) is 5.92 Å². The Morgan fingerprint density at radius 3 is 2.84 bits per heavy atom. The van der Waals surface area contributed by atoms with Crippen molar-refractivity contribution in [1.29, 1.82) is 0 Å². The fourth-order valence-electron chi connectivity index (χ4n) is 4.20. The van der Waals surface area contributed by atoms with Gasteiger partial charge in [0, 0.05) is 42.4 Å². The molecule has 0 spiro atoms. The summed E-state index contributed by atoms with van der Waals surface area (Å²) in [5, 5.41) is 12.5. The molecule has 156 valence electrons. The van der Waals surface area contributed by atoms with E-state index < -0.39 is 35.6 Å². The lowest BCUT2D eigenvalue weighted by Gasteiger charge is -2.28. The molecule has 1 aromatic carbocycles. The largest absolute Gasteiger partial charge is 0.295 e.